The van der Waals surface area contributed by atoms with Crippen LogP contribution in [-0.2, 0) is 6.18 Å². The molecule has 24 heavy (non-hydrogen) atoms. The molecular weight excluding hydrogens is 327 g/mol. The summed E-state index contributed by atoms with van der Waals surface area (Å²) in [7, 11) is 0. The maximum absolute atomic E-state index is 12.6. The first kappa shape index (κ1) is 16.2. The van der Waals surface area contributed by atoms with Gasteiger partial charge >= 0.3 is 11.9 Å². The molecule has 0 unspecified atom stereocenters. The number of hydrogen-bond acceptors (Lipinski definition) is 5. The normalized spacial score (nSPS) is 16.4. The topological polar surface area (TPSA) is 87.9 Å². The maximum atomic E-state index is 12.6. The molecule has 7 nitrogen and oxygen atoms in total. The summed E-state index contributed by atoms with van der Waals surface area (Å²) < 4.78 is 37.9. The van der Waals surface area contributed by atoms with Crippen LogP contribution in [0.1, 0.15) is 30.3 Å². The molecule has 1 fully saturated rings. The van der Waals surface area contributed by atoms with Crippen molar-refractivity contribution in [3.05, 3.63) is 46.2 Å². The average molecular weight is 341 g/mol. The number of pyridine rings is 1. The van der Waals surface area contributed by atoms with Crippen molar-refractivity contribution < 1.29 is 18.1 Å². The molecule has 128 valence electrons. The Labute approximate surface area is 134 Å². The van der Waals surface area contributed by atoms with Crippen LogP contribution in [0.15, 0.2) is 24.5 Å². The number of nitrogens with zero attached hydrogens (tertiary/aromatic N) is 4. The van der Waals surface area contributed by atoms with Gasteiger partial charge in [0.15, 0.2) is 0 Å². The number of alkyl halides is 3. The SMILES string of the molecule is O=[N+]([O-])c1cccnc1N1CCC(c2ncc(C(F)(F)F)[nH]2)CC1. The number of nitrogens with one attached hydrogen (secondary N) is 1. The lowest BCUT2D eigenvalue weighted by Gasteiger charge is -2.31. The highest BCUT2D eigenvalue weighted by Crippen LogP contribution is 2.34. The van der Waals surface area contributed by atoms with Crippen LogP contribution in [0.4, 0.5) is 24.7 Å². The number of aromatic amines is 1. The number of halogens is 3. The fourth-order valence-corrected chi connectivity index (χ4v) is 2.83. The molecule has 2 aromatic heterocycles. The fraction of sp³-hybridized carbons (Fsp3) is 0.429. The third-order valence-corrected chi connectivity index (χ3v) is 4.04. The molecule has 0 bridgehead atoms. The van der Waals surface area contributed by atoms with Gasteiger partial charge in [0, 0.05) is 31.3 Å². The van der Waals surface area contributed by atoms with Gasteiger partial charge < -0.3 is 9.88 Å². The van der Waals surface area contributed by atoms with E-state index in [1.807, 2.05) is 0 Å². The first-order chi connectivity index (χ1) is 11.4. The van der Waals surface area contributed by atoms with E-state index in [1.54, 1.807) is 4.90 Å². The van der Waals surface area contributed by atoms with Crippen LogP contribution in [0, 0.1) is 10.1 Å². The van der Waals surface area contributed by atoms with Gasteiger partial charge in [-0.1, -0.05) is 0 Å². The van der Waals surface area contributed by atoms with Gasteiger partial charge in [0.25, 0.3) is 0 Å². The highest BCUT2D eigenvalue weighted by atomic mass is 19.4. The third-order valence-electron chi connectivity index (χ3n) is 4.04. The minimum atomic E-state index is -4.44. The second-order valence-electron chi connectivity index (χ2n) is 5.54. The van der Waals surface area contributed by atoms with E-state index >= 15 is 0 Å². The molecule has 0 atom stereocenters. The first-order valence-electron chi connectivity index (χ1n) is 7.32. The third kappa shape index (κ3) is 3.17. The van der Waals surface area contributed by atoms with Gasteiger partial charge in [-0.2, -0.15) is 13.2 Å². The van der Waals surface area contributed by atoms with Crippen molar-refractivity contribution in [3.63, 3.8) is 0 Å². The van der Waals surface area contributed by atoms with Crippen LogP contribution in [-0.4, -0.2) is 33.0 Å². The van der Waals surface area contributed by atoms with E-state index in [2.05, 4.69) is 15.0 Å². The van der Waals surface area contributed by atoms with Gasteiger partial charge in [0.05, 0.1) is 11.1 Å². The summed E-state index contributed by atoms with van der Waals surface area (Å²) >= 11 is 0. The van der Waals surface area contributed by atoms with Crippen LogP contribution in [0.3, 0.4) is 0 Å². The van der Waals surface area contributed by atoms with Crippen LogP contribution >= 0.6 is 0 Å². The Morgan fingerprint density at radius 3 is 2.58 bits per heavy atom. The van der Waals surface area contributed by atoms with E-state index in [4.69, 9.17) is 0 Å². The molecule has 0 saturated carbocycles. The Balaban J connectivity index is 1.70. The van der Waals surface area contributed by atoms with E-state index in [0.29, 0.717) is 31.8 Å². The lowest BCUT2D eigenvalue weighted by molar-refractivity contribution is -0.384. The van der Waals surface area contributed by atoms with Crippen molar-refractivity contribution >= 4 is 11.5 Å². The number of piperidine rings is 1. The Hall–Kier alpha value is -2.65. The van der Waals surface area contributed by atoms with Crippen molar-refractivity contribution in [1.82, 2.24) is 15.0 Å². The van der Waals surface area contributed by atoms with Crippen molar-refractivity contribution in [3.8, 4) is 0 Å². The number of H-pyrrole nitrogens is 1. The smallest absolute Gasteiger partial charge is 0.351 e. The second-order valence-corrected chi connectivity index (χ2v) is 5.54. The Bertz CT molecular complexity index is 738. The predicted octanol–water partition coefficient (Wildman–Crippen LogP) is 3.12. The van der Waals surface area contributed by atoms with E-state index in [9.17, 15) is 23.3 Å². The van der Waals surface area contributed by atoms with Gasteiger partial charge in [0.1, 0.15) is 11.5 Å². The molecule has 0 spiro atoms. The maximum Gasteiger partial charge on any atom is 0.432 e. The molecule has 3 rings (SSSR count). The van der Waals surface area contributed by atoms with Crippen molar-refractivity contribution in [2.24, 2.45) is 0 Å². The minimum Gasteiger partial charge on any atom is -0.351 e. The van der Waals surface area contributed by atoms with E-state index < -0.39 is 16.8 Å². The Morgan fingerprint density at radius 1 is 1.29 bits per heavy atom. The van der Waals surface area contributed by atoms with Crippen molar-refractivity contribution in [2.75, 3.05) is 18.0 Å². The summed E-state index contributed by atoms with van der Waals surface area (Å²) in [4.78, 5) is 22.6. The van der Waals surface area contributed by atoms with E-state index in [0.717, 1.165) is 6.20 Å². The quantitative estimate of drug-likeness (QED) is 0.684. The fourth-order valence-electron chi connectivity index (χ4n) is 2.83. The number of hydrogen-bond donors (Lipinski definition) is 1. The molecule has 3 heterocycles. The zero-order valence-electron chi connectivity index (χ0n) is 12.5. The number of imidazole rings is 1. The average Bonchev–Trinajstić information content (AvgIpc) is 3.05. The number of nitro groups is 1. The number of aromatic nitrogens is 3. The summed E-state index contributed by atoms with van der Waals surface area (Å²) in [5.74, 6) is 0.453. The zero-order valence-corrected chi connectivity index (χ0v) is 12.5. The summed E-state index contributed by atoms with van der Waals surface area (Å²) in [6.07, 6.45) is -1.08. The monoisotopic (exact) mass is 341 g/mol. The molecule has 1 aliphatic heterocycles. The minimum absolute atomic E-state index is 0.0756. The summed E-state index contributed by atoms with van der Waals surface area (Å²) in [6, 6.07) is 2.88. The van der Waals surface area contributed by atoms with Crippen LogP contribution in [0.2, 0.25) is 0 Å². The van der Waals surface area contributed by atoms with Gasteiger partial charge in [0.2, 0.25) is 5.82 Å². The first-order valence-corrected chi connectivity index (χ1v) is 7.32. The summed E-state index contributed by atoms with van der Waals surface area (Å²) in [6.45, 7) is 0.926. The highest BCUT2D eigenvalue weighted by molar-refractivity contribution is 5.57. The molecule has 10 heteroatoms. The molecule has 1 saturated heterocycles. The van der Waals surface area contributed by atoms with Crippen molar-refractivity contribution in [1.29, 1.82) is 0 Å². The van der Waals surface area contributed by atoms with Gasteiger partial charge in [-0.3, -0.25) is 10.1 Å². The zero-order chi connectivity index (χ0) is 17.3. The molecule has 0 amide bonds. The molecule has 2 aromatic rings. The predicted molar refractivity (Wildman–Crippen MR) is 78.7 cm³/mol. The van der Waals surface area contributed by atoms with Crippen LogP contribution in [0.5, 0.6) is 0 Å². The largest absolute Gasteiger partial charge is 0.432 e. The lowest BCUT2D eigenvalue weighted by atomic mass is 9.96. The lowest BCUT2D eigenvalue weighted by Crippen LogP contribution is -2.34. The van der Waals surface area contributed by atoms with Gasteiger partial charge in [-0.25, -0.2) is 9.97 Å². The second kappa shape index (κ2) is 6.10. The van der Waals surface area contributed by atoms with Gasteiger partial charge in [-0.05, 0) is 18.9 Å². The number of rotatable bonds is 3. The molecule has 0 aliphatic carbocycles. The van der Waals surface area contributed by atoms with E-state index in [1.165, 1.54) is 18.3 Å². The highest BCUT2D eigenvalue weighted by Gasteiger charge is 2.34. The standard InChI is InChI=1S/C14H14F3N5O2/c15-14(16,17)11-8-19-12(20-11)9-3-6-21(7-4-9)13-10(22(23)24)2-1-5-18-13/h1-2,5,8-9H,3-4,6-7H2,(H,19,20). The van der Waals surface area contributed by atoms with Gasteiger partial charge in [-0.15, -0.1) is 0 Å². The molecular formula is C14H14F3N5O2. The Morgan fingerprint density at radius 2 is 2.00 bits per heavy atom. The van der Waals surface area contributed by atoms with Crippen LogP contribution in [0.25, 0.3) is 0 Å². The molecule has 1 aliphatic rings. The summed E-state index contributed by atoms with van der Waals surface area (Å²) in [5.41, 5.74) is -0.936. The molecule has 0 aromatic carbocycles. The molecule has 1 N–H and O–H groups in total. The molecule has 0 radical (unpaired) electrons. The summed E-state index contributed by atoms with van der Waals surface area (Å²) in [5, 5.41) is 11.1. The van der Waals surface area contributed by atoms with Crippen molar-refractivity contribution in [2.45, 2.75) is 24.9 Å². The van der Waals surface area contributed by atoms with Crippen LogP contribution < -0.4 is 4.90 Å². The van der Waals surface area contributed by atoms with E-state index in [-0.39, 0.29) is 17.4 Å². The Kier molecular flexibility index (Phi) is 4.12. The number of anilines is 1.